The first kappa shape index (κ1) is 15.8. The van der Waals surface area contributed by atoms with Crippen LogP contribution in [-0.4, -0.2) is 0 Å². The normalized spacial score (nSPS) is 24.7. The minimum absolute atomic E-state index is 0.336. The molecule has 1 aliphatic carbocycles. The van der Waals surface area contributed by atoms with Gasteiger partial charge in [-0.05, 0) is 53.7 Å². The quantitative estimate of drug-likeness (QED) is 0.589. The van der Waals surface area contributed by atoms with E-state index in [9.17, 15) is 0 Å². The summed E-state index contributed by atoms with van der Waals surface area (Å²) in [5.41, 5.74) is 4.31. The summed E-state index contributed by atoms with van der Waals surface area (Å²) in [5.74, 6) is 0.740. The fraction of sp³-hybridized carbons (Fsp3) is 0.304. The second-order valence-electron chi connectivity index (χ2n) is 7.04. The molecule has 0 atom stereocenters. The molecule has 0 amide bonds. The Morgan fingerprint density at radius 3 is 2.13 bits per heavy atom. The zero-order chi connectivity index (χ0) is 16.1. The molecular formula is C23H26. The van der Waals surface area contributed by atoms with E-state index in [0.29, 0.717) is 5.41 Å². The van der Waals surface area contributed by atoms with Crippen LogP contribution in [0.5, 0.6) is 0 Å². The van der Waals surface area contributed by atoms with Crippen LogP contribution in [0.2, 0.25) is 0 Å². The van der Waals surface area contributed by atoms with E-state index in [1.165, 1.54) is 42.4 Å². The molecular weight excluding hydrogens is 276 g/mol. The van der Waals surface area contributed by atoms with Gasteiger partial charge in [-0.15, -0.1) is 0 Å². The molecule has 0 heteroatoms. The molecule has 0 aromatic heterocycles. The summed E-state index contributed by atoms with van der Waals surface area (Å²) in [6.45, 7) is 6.21. The molecule has 0 heterocycles. The Morgan fingerprint density at radius 1 is 0.913 bits per heavy atom. The van der Waals surface area contributed by atoms with Gasteiger partial charge in [0.2, 0.25) is 0 Å². The molecule has 1 fully saturated rings. The molecule has 23 heavy (non-hydrogen) atoms. The van der Waals surface area contributed by atoms with Crippen molar-refractivity contribution >= 4 is 12.2 Å². The minimum Gasteiger partial charge on any atom is -0.0985 e. The standard InChI is InChI=1S/C23H26/c1-3-19-9-11-20(12-10-19)13-16-23(2)17-14-22(15-18-23)21-7-5-4-6-8-21/h3-13,16,22H,1,14-15,17-18H2,2H3/b16-13+. The molecule has 0 aliphatic heterocycles. The summed E-state index contributed by atoms with van der Waals surface area (Å²) in [4.78, 5) is 0. The van der Waals surface area contributed by atoms with Crippen LogP contribution in [-0.2, 0) is 0 Å². The zero-order valence-electron chi connectivity index (χ0n) is 14.0. The van der Waals surface area contributed by atoms with Crippen molar-refractivity contribution in [3.63, 3.8) is 0 Å². The van der Waals surface area contributed by atoms with Gasteiger partial charge < -0.3 is 0 Å². The summed E-state index contributed by atoms with van der Waals surface area (Å²) in [5, 5.41) is 0. The third-order valence-corrected chi connectivity index (χ3v) is 5.25. The Hall–Kier alpha value is -2.08. The van der Waals surface area contributed by atoms with E-state index in [2.05, 4.69) is 80.3 Å². The molecule has 0 bridgehead atoms. The van der Waals surface area contributed by atoms with Crippen LogP contribution in [0.4, 0.5) is 0 Å². The topological polar surface area (TPSA) is 0 Å². The monoisotopic (exact) mass is 302 g/mol. The third kappa shape index (κ3) is 4.01. The molecule has 118 valence electrons. The van der Waals surface area contributed by atoms with Crippen LogP contribution in [0.1, 0.15) is 55.2 Å². The lowest BCUT2D eigenvalue weighted by atomic mass is 9.70. The van der Waals surface area contributed by atoms with Crippen LogP contribution >= 0.6 is 0 Å². The van der Waals surface area contributed by atoms with Crippen molar-refractivity contribution in [2.45, 2.75) is 38.5 Å². The first-order chi connectivity index (χ1) is 11.2. The Morgan fingerprint density at radius 2 is 1.52 bits per heavy atom. The largest absolute Gasteiger partial charge is 0.0985 e. The third-order valence-electron chi connectivity index (χ3n) is 5.25. The predicted molar refractivity (Wildman–Crippen MR) is 101 cm³/mol. The Bertz CT molecular complexity index is 653. The van der Waals surface area contributed by atoms with Crippen LogP contribution < -0.4 is 0 Å². The first-order valence-corrected chi connectivity index (χ1v) is 8.65. The van der Waals surface area contributed by atoms with Gasteiger partial charge in [0, 0.05) is 0 Å². The van der Waals surface area contributed by atoms with E-state index in [0.717, 1.165) is 5.92 Å². The zero-order valence-corrected chi connectivity index (χ0v) is 14.0. The molecule has 0 saturated heterocycles. The van der Waals surface area contributed by atoms with E-state index >= 15 is 0 Å². The first-order valence-electron chi connectivity index (χ1n) is 8.65. The summed E-state index contributed by atoms with van der Waals surface area (Å²) in [6.07, 6.45) is 11.7. The summed E-state index contributed by atoms with van der Waals surface area (Å²) in [7, 11) is 0. The average molecular weight is 302 g/mol. The van der Waals surface area contributed by atoms with Crippen molar-refractivity contribution in [2.75, 3.05) is 0 Å². The molecule has 3 rings (SSSR count). The lowest BCUT2D eigenvalue weighted by molar-refractivity contribution is 0.262. The molecule has 0 radical (unpaired) electrons. The number of rotatable bonds is 4. The fourth-order valence-corrected chi connectivity index (χ4v) is 3.54. The highest BCUT2D eigenvalue weighted by atomic mass is 14.3. The molecule has 2 aromatic rings. The number of benzene rings is 2. The Labute approximate surface area is 140 Å². The van der Waals surface area contributed by atoms with E-state index in [-0.39, 0.29) is 0 Å². The van der Waals surface area contributed by atoms with Gasteiger partial charge in [-0.3, -0.25) is 0 Å². The summed E-state index contributed by atoms with van der Waals surface area (Å²) < 4.78 is 0. The second-order valence-corrected chi connectivity index (χ2v) is 7.04. The maximum absolute atomic E-state index is 3.81. The highest BCUT2D eigenvalue weighted by Gasteiger charge is 2.29. The molecule has 0 spiro atoms. The van der Waals surface area contributed by atoms with Gasteiger partial charge in [0.15, 0.2) is 0 Å². The van der Waals surface area contributed by atoms with Gasteiger partial charge in [-0.2, -0.15) is 0 Å². The van der Waals surface area contributed by atoms with Crippen molar-refractivity contribution < 1.29 is 0 Å². The lowest BCUT2D eigenvalue weighted by Crippen LogP contribution is -2.21. The van der Waals surface area contributed by atoms with Gasteiger partial charge in [0.1, 0.15) is 0 Å². The van der Waals surface area contributed by atoms with Crippen molar-refractivity contribution in [1.82, 2.24) is 0 Å². The molecule has 0 N–H and O–H groups in total. The number of allylic oxidation sites excluding steroid dienone is 1. The van der Waals surface area contributed by atoms with Crippen molar-refractivity contribution in [1.29, 1.82) is 0 Å². The Kier molecular flexibility index (Phi) is 4.81. The van der Waals surface area contributed by atoms with Gasteiger partial charge in [0.05, 0.1) is 0 Å². The van der Waals surface area contributed by atoms with E-state index in [1.54, 1.807) is 0 Å². The van der Waals surface area contributed by atoms with E-state index in [1.807, 2.05) is 6.08 Å². The Balaban J connectivity index is 1.62. The molecule has 0 unspecified atom stereocenters. The minimum atomic E-state index is 0.336. The lowest BCUT2D eigenvalue weighted by Gasteiger charge is -2.35. The predicted octanol–water partition coefficient (Wildman–Crippen LogP) is 6.71. The van der Waals surface area contributed by atoms with E-state index < -0.39 is 0 Å². The SMILES string of the molecule is C=Cc1ccc(/C=C/C2(C)CCC(c3ccccc3)CC2)cc1. The number of hydrogen-bond donors (Lipinski definition) is 0. The van der Waals surface area contributed by atoms with Crippen molar-refractivity contribution in [3.05, 3.63) is 83.9 Å². The van der Waals surface area contributed by atoms with Crippen molar-refractivity contribution in [2.24, 2.45) is 5.41 Å². The smallest absolute Gasteiger partial charge is 0.0143 e. The highest BCUT2D eigenvalue weighted by Crippen LogP contribution is 2.43. The van der Waals surface area contributed by atoms with Gasteiger partial charge in [0.25, 0.3) is 0 Å². The number of hydrogen-bond acceptors (Lipinski definition) is 0. The summed E-state index contributed by atoms with van der Waals surface area (Å²) >= 11 is 0. The maximum atomic E-state index is 3.81. The van der Waals surface area contributed by atoms with Crippen LogP contribution in [0.25, 0.3) is 12.2 Å². The molecule has 2 aromatic carbocycles. The van der Waals surface area contributed by atoms with Crippen molar-refractivity contribution in [3.8, 4) is 0 Å². The van der Waals surface area contributed by atoms with Gasteiger partial charge in [-0.25, -0.2) is 0 Å². The molecule has 1 saturated carbocycles. The summed E-state index contributed by atoms with van der Waals surface area (Å²) in [6, 6.07) is 19.6. The van der Waals surface area contributed by atoms with Crippen LogP contribution in [0.3, 0.4) is 0 Å². The van der Waals surface area contributed by atoms with Crippen LogP contribution in [0, 0.1) is 5.41 Å². The van der Waals surface area contributed by atoms with Crippen LogP contribution in [0.15, 0.2) is 67.3 Å². The second kappa shape index (κ2) is 7.00. The molecule has 0 nitrogen and oxygen atoms in total. The highest BCUT2D eigenvalue weighted by molar-refractivity contribution is 5.55. The molecule has 1 aliphatic rings. The fourth-order valence-electron chi connectivity index (χ4n) is 3.54. The van der Waals surface area contributed by atoms with Gasteiger partial charge >= 0.3 is 0 Å². The van der Waals surface area contributed by atoms with Gasteiger partial charge in [-0.1, -0.05) is 86.3 Å². The maximum Gasteiger partial charge on any atom is -0.0143 e. The average Bonchev–Trinajstić information content (AvgIpc) is 2.62. The van der Waals surface area contributed by atoms with E-state index in [4.69, 9.17) is 0 Å².